The zero-order valence-corrected chi connectivity index (χ0v) is 13.1. The summed E-state index contributed by atoms with van der Waals surface area (Å²) in [4.78, 5) is 2.64. The van der Waals surface area contributed by atoms with Gasteiger partial charge in [-0.15, -0.1) is 0 Å². The van der Waals surface area contributed by atoms with Gasteiger partial charge in [0, 0.05) is 19.2 Å². The standard InChI is InChI=1S/C16H32N2O/c1-16(2,3)7-8-17-15-4-9-18(10-5-15)12-14-6-11-19-13-14/h14-15,17H,4-13H2,1-3H3/t14-/m0/s1. The van der Waals surface area contributed by atoms with Gasteiger partial charge in [-0.1, -0.05) is 20.8 Å². The molecule has 2 aliphatic rings. The first-order chi connectivity index (χ1) is 9.03. The van der Waals surface area contributed by atoms with Crippen LogP contribution in [0.5, 0.6) is 0 Å². The molecule has 0 aromatic heterocycles. The summed E-state index contributed by atoms with van der Waals surface area (Å²) in [5.41, 5.74) is 0.455. The second-order valence-corrected chi connectivity index (χ2v) is 7.57. The third-order valence-corrected chi connectivity index (χ3v) is 4.44. The molecule has 0 amide bonds. The van der Waals surface area contributed by atoms with Gasteiger partial charge in [0.2, 0.25) is 0 Å². The molecule has 0 unspecified atom stereocenters. The van der Waals surface area contributed by atoms with E-state index in [0.717, 1.165) is 25.2 Å². The maximum atomic E-state index is 5.47. The molecule has 1 atom stereocenters. The van der Waals surface area contributed by atoms with Gasteiger partial charge >= 0.3 is 0 Å². The van der Waals surface area contributed by atoms with E-state index in [9.17, 15) is 0 Å². The van der Waals surface area contributed by atoms with Crippen molar-refractivity contribution in [3.8, 4) is 0 Å². The number of ether oxygens (including phenoxy) is 1. The fourth-order valence-corrected chi connectivity index (χ4v) is 3.06. The molecule has 0 radical (unpaired) electrons. The van der Waals surface area contributed by atoms with Crippen molar-refractivity contribution in [3.63, 3.8) is 0 Å². The second-order valence-electron chi connectivity index (χ2n) is 7.57. The van der Waals surface area contributed by atoms with E-state index in [1.54, 1.807) is 0 Å². The normalized spacial score (nSPS) is 27.0. The minimum atomic E-state index is 0.455. The fraction of sp³-hybridized carbons (Fsp3) is 1.00. The topological polar surface area (TPSA) is 24.5 Å². The van der Waals surface area contributed by atoms with Crippen LogP contribution < -0.4 is 5.32 Å². The van der Waals surface area contributed by atoms with Crippen LogP contribution in [0.4, 0.5) is 0 Å². The van der Waals surface area contributed by atoms with E-state index in [-0.39, 0.29) is 0 Å². The van der Waals surface area contributed by atoms with E-state index in [2.05, 4.69) is 31.0 Å². The summed E-state index contributed by atoms with van der Waals surface area (Å²) in [6.45, 7) is 13.9. The monoisotopic (exact) mass is 268 g/mol. The lowest BCUT2D eigenvalue weighted by Crippen LogP contribution is -2.44. The SMILES string of the molecule is CC(C)(C)CCNC1CCN(C[C@@H]2CCOC2)CC1. The smallest absolute Gasteiger partial charge is 0.0507 e. The highest BCUT2D eigenvalue weighted by molar-refractivity contribution is 4.80. The van der Waals surface area contributed by atoms with Gasteiger partial charge in [-0.3, -0.25) is 0 Å². The van der Waals surface area contributed by atoms with Crippen LogP contribution in [0.25, 0.3) is 0 Å². The summed E-state index contributed by atoms with van der Waals surface area (Å²) in [6, 6.07) is 0.749. The van der Waals surface area contributed by atoms with Crippen molar-refractivity contribution in [1.29, 1.82) is 0 Å². The Morgan fingerprint density at radius 3 is 2.47 bits per heavy atom. The van der Waals surface area contributed by atoms with Crippen LogP contribution in [0.3, 0.4) is 0 Å². The van der Waals surface area contributed by atoms with Gasteiger partial charge < -0.3 is 15.0 Å². The second kappa shape index (κ2) is 7.05. The molecule has 2 rings (SSSR count). The van der Waals surface area contributed by atoms with Crippen molar-refractivity contribution < 1.29 is 4.74 Å². The summed E-state index contributed by atoms with van der Waals surface area (Å²) in [7, 11) is 0. The van der Waals surface area contributed by atoms with Gasteiger partial charge in [0.25, 0.3) is 0 Å². The molecule has 2 heterocycles. The number of rotatable bonds is 5. The average Bonchev–Trinajstić information content (AvgIpc) is 2.83. The van der Waals surface area contributed by atoms with Crippen molar-refractivity contribution in [3.05, 3.63) is 0 Å². The van der Waals surface area contributed by atoms with Crippen LogP contribution in [-0.4, -0.2) is 50.3 Å². The molecule has 2 fully saturated rings. The van der Waals surface area contributed by atoms with Crippen molar-refractivity contribution >= 4 is 0 Å². The van der Waals surface area contributed by atoms with E-state index in [4.69, 9.17) is 4.74 Å². The van der Waals surface area contributed by atoms with Crippen molar-refractivity contribution in [2.75, 3.05) is 39.4 Å². The summed E-state index contributed by atoms with van der Waals surface area (Å²) >= 11 is 0. The first-order valence-corrected chi connectivity index (χ1v) is 8.06. The molecule has 0 aliphatic carbocycles. The van der Waals surface area contributed by atoms with E-state index < -0.39 is 0 Å². The summed E-state index contributed by atoms with van der Waals surface area (Å²) in [5, 5.41) is 3.74. The van der Waals surface area contributed by atoms with Crippen LogP contribution in [0.1, 0.15) is 46.5 Å². The first-order valence-electron chi connectivity index (χ1n) is 8.06. The van der Waals surface area contributed by atoms with Crippen LogP contribution in [0, 0.1) is 11.3 Å². The Hall–Kier alpha value is -0.120. The molecular formula is C16H32N2O. The number of nitrogens with zero attached hydrogens (tertiary/aromatic N) is 1. The molecule has 19 heavy (non-hydrogen) atoms. The third kappa shape index (κ3) is 5.80. The Bertz CT molecular complexity index is 248. The highest BCUT2D eigenvalue weighted by atomic mass is 16.5. The highest BCUT2D eigenvalue weighted by Gasteiger charge is 2.23. The molecular weight excluding hydrogens is 236 g/mol. The Kier molecular flexibility index (Phi) is 5.67. The largest absolute Gasteiger partial charge is 0.381 e. The zero-order chi connectivity index (χ0) is 13.7. The van der Waals surface area contributed by atoms with E-state index in [1.165, 1.54) is 51.9 Å². The molecule has 3 heteroatoms. The van der Waals surface area contributed by atoms with E-state index >= 15 is 0 Å². The molecule has 3 nitrogen and oxygen atoms in total. The van der Waals surface area contributed by atoms with Crippen LogP contribution in [0.15, 0.2) is 0 Å². The number of piperidine rings is 1. The summed E-state index contributed by atoms with van der Waals surface area (Å²) < 4.78 is 5.47. The molecule has 0 spiro atoms. The van der Waals surface area contributed by atoms with Crippen LogP contribution in [0.2, 0.25) is 0 Å². The van der Waals surface area contributed by atoms with E-state index in [1.807, 2.05) is 0 Å². The predicted octanol–water partition coefficient (Wildman–Crippen LogP) is 2.51. The molecule has 0 aromatic rings. The quantitative estimate of drug-likeness (QED) is 0.829. The van der Waals surface area contributed by atoms with Gasteiger partial charge in [-0.2, -0.15) is 0 Å². The summed E-state index contributed by atoms with van der Waals surface area (Å²) in [5.74, 6) is 0.797. The van der Waals surface area contributed by atoms with Crippen molar-refractivity contribution in [2.45, 2.75) is 52.5 Å². The van der Waals surface area contributed by atoms with Crippen LogP contribution in [-0.2, 0) is 4.74 Å². The Labute approximate surface area is 119 Å². The predicted molar refractivity (Wildman–Crippen MR) is 80.5 cm³/mol. The van der Waals surface area contributed by atoms with Gasteiger partial charge in [0.1, 0.15) is 0 Å². The van der Waals surface area contributed by atoms with Gasteiger partial charge in [-0.05, 0) is 56.7 Å². The molecule has 112 valence electrons. The molecule has 0 saturated carbocycles. The Balaban J connectivity index is 1.57. The molecule has 0 bridgehead atoms. The fourth-order valence-electron chi connectivity index (χ4n) is 3.06. The van der Waals surface area contributed by atoms with Crippen molar-refractivity contribution in [1.82, 2.24) is 10.2 Å². The van der Waals surface area contributed by atoms with Crippen LogP contribution >= 0.6 is 0 Å². The van der Waals surface area contributed by atoms with E-state index in [0.29, 0.717) is 5.41 Å². The molecule has 0 aromatic carbocycles. The third-order valence-electron chi connectivity index (χ3n) is 4.44. The number of hydrogen-bond acceptors (Lipinski definition) is 3. The molecule has 2 saturated heterocycles. The van der Waals surface area contributed by atoms with Crippen molar-refractivity contribution in [2.24, 2.45) is 11.3 Å². The van der Waals surface area contributed by atoms with Gasteiger partial charge in [0.05, 0.1) is 6.61 Å². The Morgan fingerprint density at radius 1 is 1.16 bits per heavy atom. The minimum Gasteiger partial charge on any atom is -0.381 e. The molecule has 2 aliphatic heterocycles. The maximum absolute atomic E-state index is 5.47. The average molecular weight is 268 g/mol. The first kappa shape index (κ1) is 15.3. The lowest BCUT2D eigenvalue weighted by molar-refractivity contribution is 0.146. The molecule has 1 N–H and O–H groups in total. The number of hydrogen-bond donors (Lipinski definition) is 1. The zero-order valence-electron chi connectivity index (χ0n) is 13.1. The number of nitrogens with one attached hydrogen (secondary N) is 1. The lowest BCUT2D eigenvalue weighted by atomic mass is 9.92. The highest BCUT2D eigenvalue weighted by Crippen LogP contribution is 2.19. The maximum Gasteiger partial charge on any atom is 0.0507 e. The van der Waals surface area contributed by atoms with Gasteiger partial charge in [-0.25, -0.2) is 0 Å². The Morgan fingerprint density at radius 2 is 1.89 bits per heavy atom. The van der Waals surface area contributed by atoms with Gasteiger partial charge in [0.15, 0.2) is 0 Å². The minimum absolute atomic E-state index is 0.455. The lowest BCUT2D eigenvalue weighted by Gasteiger charge is -2.34. The number of likely N-dealkylation sites (tertiary alicyclic amines) is 1. The summed E-state index contributed by atoms with van der Waals surface area (Å²) in [6.07, 6.45) is 5.17.